The van der Waals surface area contributed by atoms with Crippen LogP contribution in [-0.4, -0.2) is 14.9 Å². The molecule has 1 aromatic heterocycles. The molecule has 0 radical (unpaired) electrons. The largest absolute Gasteiger partial charge is 0.376 e. The van der Waals surface area contributed by atoms with E-state index in [1.807, 2.05) is 72.3 Å². The molecule has 3 aromatic rings. The fourth-order valence-corrected chi connectivity index (χ4v) is 2.52. The van der Waals surface area contributed by atoms with Gasteiger partial charge in [0, 0.05) is 5.56 Å². The molecule has 0 saturated heterocycles. The molecular weight excluding hydrogens is 292 g/mol. The first-order chi connectivity index (χ1) is 10.7. The molecule has 0 unspecified atom stereocenters. The minimum Gasteiger partial charge on any atom is -0.376 e. The minimum absolute atomic E-state index is 0.230. The van der Waals surface area contributed by atoms with E-state index >= 15 is 0 Å². The second-order valence-corrected chi connectivity index (χ2v) is 5.35. The summed E-state index contributed by atoms with van der Waals surface area (Å²) in [5.41, 5.74) is 10.3. The Labute approximate surface area is 134 Å². The molecule has 22 heavy (non-hydrogen) atoms. The van der Waals surface area contributed by atoms with Crippen molar-refractivity contribution in [2.45, 2.75) is 6.92 Å². The highest BCUT2D eigenvalue weighted by atomic mass is 32.1. The molecule has 2 aromatic carbocycles. The van der Waals surface area contributed by atoms with Crippen LogP contribution in [0.5, 0.6) is 0 Å². The number of anilines is 1. The third kappa shape index (κ3) is 2.71. The summed E-state index contributed by atoms with van der Waals surface area (Å²) in [6, 6.07) is 20.1. The maximum absolute atomic E-state index is 5.67. The van der Waals surface area contributed by atoms with Crippen LogP contribution in [0.3, 0.4) is 0 Å². The Balaban J connectivity index is 2.25. The molecule has 4 nitrogen and oxygen atoms in total. The van der Waals surface area contributed by atoms with Crippen molar-refractivity contribution in [1.82, 2.24) is 9.78 Å². The number of nitrogens with one attached hydrogen (secondary N) is 1. The van der Waals surface area contributed by atoms with E-state index in [-0.39, 0.29) is 5.11 Å². The number of hydrogen-bond donors (Lipinski definition) is 2. The molecule has 0 atom stereocenters. The van der Waals surface area contributed by atoms with Crippen molar-refractivity contribution in [3.63, 3.8) is 0 Å². The summed E-state index contributed by atoms with van der Waals surface area (Å²) in [6.45, 7) is 1.94. The summed E-state index contributed by atoms with van der Waals surface area (Å²) in [7, 11) is 0. The highest BCUT2D eigenvalue weighted by Gasteiger charge is 2.18. The molecule has 1 heterocycles. The monoisotopic (exact) mass is 308 g/mol. The van der Waals surface area contributed by atoms with Crippen molar-refractivity contribution < 1.29 is 0 Å². The summed E-state index contributed by atoms with van der Waals surface area (Å²) in [5.74, 6) is 0. The van der Waals surface area contributed by atoms with Gasteiger partial charge in [-0.3, -0.25) is 0 Å². The fourth-order valence-electron chi connectivity index (χ4n) is 2.42. The molecule has 3 rings (SSSR count). The molecule has 0 saturated carbocycles. The standard InChI is InChI=1S/C17H16N4S/c1-12-15(19-17(18)22)16(13-8-4-2-5-9-13)21(20-12)14-10-6-3-7-11-14/h2-11H,1H3,(H3,18,19,22). The molecule has 0 aliphatic heterocycles. The lowest BCUT2D eigenvalue weighted by Crippen LogP contribution is -2.19. The number of nitrogens with zero attached hydrogens (tertiary/aromatic N) is 2. The van der Waals surface area contributed by atoms with Gasteiger partial charge in [0.25, 0.3) is 0 Å². The van der Waals surface area contributed by atoms with E-state index in [1.165, 1.54) is 0 Å². The number of hydrogen-bond acceptors (Lipinski definition) is 2. The highest BCUT2D eigenvalue weighted by molar-refractivity contribution is 7.80. The third-order valence-corrected chi connectivity index (χ3v) is 3.46. The van der Waals surface area contributed by atoms with E-state index in [4.69, 9.17) is 18.0 Å². The maximum Gasteiger partial charge on any atom is 0.168 e. The zero-order valence-corrected chi connectivity index (χ0v) is 13.0. The van der Waals surface area contributed by atoms with Gasteiger partial charge in [-0.2, -0.15) is 5.10 Å². The van der Waals surface area contributed by atoms with Crippen LogP contribution in [0.1, 0.15) is 5.69 Å². The van der Waals surface area contributed by atoms with Gasteiger partial charge in [-0.15, -0.1) is 0 Å². The number of para-hydroxylation sites is 1. The smallest absolute Gasteiger partial charge is 0.168 e. The number of nitrogens with two attached hydrogens (primary N) is 1. The first kappa shape index (κ1) is 14.3. The summed E-state index contributed by atoms with van der Waals surface area (Å²) in [6.07, 6.45) is 0. The lowest BCUT2D eigenvalue weighted by Gasteiger charge is -2.11. The van der Waals surface area contributed by atoms with Crippen LogP contribution in [0.25, 0.3) is 16.9 Å². The van der Waals surface area contributed by atoms with Crippen molar-refractivity contribution in [1.29, 1.82) is 0 Å². The molecule has 0 amide bonds. The second kappa shape index (κ2) is 5.99. The summed E-state index contributed by atoms with van der Waals surface area (Å²) >= 11 is 5.00. The quantitative estimate of drug-likeness (QED) is 0.727. The van der Waals surface area contributed by atoms with Crippen LogP contribution in [0.2, 0.25) is 0 Å². The lowest BCUT2D eigenvalue weighted by atomic mass is 10.1. The van der Waals surface area contributed by atoms with Crippen LogP contribution in [-0.2, 0) is 0 Å². The van der Waals surface area contributed by atoms with Crippen molar-refractivity contribution in [2.24, 2.45) is 5.73 Å². The Bertz CT molecular complexity index is 794. The van der Waals surface area contributed by atoms with Gasteiger partial charge >= 0.3 is 0 Å². The van der Waals surface area contributed by atoms with Gasteiger partial charge in [-0.25, -0.2) is 4.68 Å². The van der Waals surface area contributed by atoms with Gasteiger partial charge in [0.1, 0.15) is 0 Å². The summed E-state index contributed by atoms with van der Waals surface area (Å²) in [5, 5.41) is 7.93. The zero-order valence-electron chi connectivity index (χ0n) is 12.2. The van der Waals surface area contributed by atoms with Crippen molar-refractivity contribution >= 4 is 23.0 Å². The van der Waals surface area contributed by atoms with Crippen LogP contribution in [0, 0.1) is 6.92 Å². The topological polar surface area (TPSA) is 55.9 Å². The number of aromatic nitrogens is 2. The minimum atomic E-state index is 0.230. The predicted octanol–water partition coefficient (Wildman–Crippen LogP) is 3.50. The van der Waals surface area contributed by atoms with E-state index in [1.54, 1.807) is 0 Å². The molecule has 3 N–H and O–H groups in total. The summed E-state index contributed by atoms with van der Waals surface area (Å²) in [4.78, 5) is 0. The molecular formula is C17H16N4S. The zero-order chi connectivity index (χ0) is 15.5. The van der Waals surface area contributed by atoms with E-state index in [0.717, 1.165) is 28.3 Å². The number of thiocarbonyl (C=S) groups is 1. The van der Waals surface area contributed by atoms with Crippen LogP contribution < -0.4 is 11.1 Å². The van der Waals surface area contributed by atoms with Gasteiger partial charge in [0.2, 0.25) is 0 Å². The lowest BCUT2D eigenvalue weighted by molar-refractivity contribution is 0.869. The molecule has 0 aliphatic carbocycles. The number of benzene rings is 2. The van der Waals surface area contributed by atoms with Crippen LogP contribution in [0.4, 0.5) is 5.69 Å². The van der Waals surface area contributed by atoms with Crippen molar-refractivity contribution in [3.05, 3.63) is 66.4 Å². The SMILES string of the molecule is Cc1nn(-c2ccccc2)c(-c2ccccc2)c1NC(N)=S. The first-order valence-corrected chi connectivity index (χ1v) is 7.34. The predicted molar refractivity (Wildman–Crippen MR) is 94.1 cm³/mol. The molecule has 0 spiro atoms. The Morgan fingerprint density at radius 2 is 1.64 bits per heavy atom. The average Bonchev–Trinajstić information content (AvgIpc) is 2.85. The molecule has 0 bridgehead atoms. The van der Waals surface area contributed by atoms with Gasteiger partial charge < -0.3 is 11.1 Å². The maximum atomic E-state index is 5.67. The van der Waals surface area contributed by atoms with Crippen LogP contribution in [0.15, 0.2) is 60.7 Å². The second-order valence-electron chi connectivity index (χ2n) is 4.91. The van der Waals surface area contributed by atoms with Gasteiger partial charge in [-0.05, 0) is 31.3 Å². The molecule has 0 aliphatic rings. The number of aryl methyl sites for hydroxylation is 1. The Morgan fingerprint density at radius 1 is 1.05 bits per heavy atom. The van der Waals surface area contributed by atoms with Crippen molar-refractivity contribution in [3.8, 4) is 16.9 Å². The highest BCUT2D eigenvalue weighted by Crippen LogP contribution is 2.32. The van der Waals surface area contributed by atoms with E-state index in [9.17, 15) is 0 Å². The Morgan fingerprint density at radius 3 is 2.23 bits per heavy atom. The van der Waals surface area contributed by atoms with Gasteiger partial charge in [-0.1, -0.05) is 48.5 Å². The normalized spacial score (nSPS) is 10.4. The summed E-state index contributed by atoms with van der Waals surface area (Å²) < 4.78 is 1.91. The third-order valence-electron chi connectivity index (χ3n) is 3.36. The molecule has 110 valence electrons. The molecule has 5 heteroatoms. The van der Waals surface area contributed by atoms with Gasteiger partial charge in [0.05, 0.1) is 22.8 Å². The fraction of sp³-hybridized carbons (Fsp3) is 0.0588. The van der Waals surface area contributed by atoms with E-state index in [0.29, 0.717) is 0 Å². The van der Waals surface area contributed by atoms with Crippen LogP contribution >= 0.6 is 12.2 Å². The average molecular weight is 308 g/mol. The Hall–Kier alpha value is -2.66. The van der Waals surface area contributed by atoms with E-state index in [2.05, 4.69) is 10.4 Å². The number of rotatable bonds is 3. The Kier molecular flexibility index (Phi) is 3.89. The first-order valence-electron chi connectivity index (χ1n) is 6.93. The van der Waals surface area contributed by atoms with Crippen molar-refractivity contribution in [2.75, 3.05) is 5.32 Å². The van der Waals surface area contributed by atoms with Gasteiger partial charge in [0.15, 0.2) is 5.11 Å². The van der Waals surface area contributed by atoms with E-state index < -0.39 is 0 Å². The molecule has 0 fully saturated rings.